The second-order valence-corrected chi connectivity index (χ2v) is 4.47. The number of nitrogens with one attached hydrogen (secondary N) is 1. The van der Waals surface area contributed by atoms with Gasteiger partial charge < -0.3 is 15.0 Å². The summed E-state index contributed by atoms with van der Waals surface area (Å²) in [5.74, 6) is 2.19. The van der Waals surface area contributed by atoms with Crippen molar-refractivity contribution in [1.29, 1.82) is 0 Å². The summed E-state index contributed by atoms with van der Waals surface area (Å²) in [7, 11) is 2.16. The van der Waals surface area contributed by atoms with E-state index in [9.17, 15) is 0 Å². The smallest absolute Gasteiger partial charge is 0.218 e. The Bertz CT molecular complexity index is 358. The third kappa shape index (κ3) is 3.56. The molecule has 0 saturated carbocycles. The highest BCUT2D eigenvalue weighted by Gasteiger charge is 2.18. The number of likely N-dealkylation sites (tertiary alicyclic amines) is 1. The van der Waals surface area contributed by atoms with Gasteiger partial charge in [-0.1, -0.05) is 0 Å². The number of aromatic nitrogens is 2. The van der Waals surface area contributed by atoms with Crippen LogP contribution in [0.15, 0.2) is 12.4 Å². The van der Waals surface area contributed by atoms with Gasteiger partial charge in [-0.15, -0.1) is 0 Å². The van der Waals surface area contributed by atoms with Gasteiger partial charge in [-0.05, 0) is 32.9 Å². The molecule has 2 rings (SSSR count). The summed E-state index contributed by atoms with van der Waals surface area (Å²) in [5.41, 5.74) is 0. The average Bonchev–Trinajstić information content (AvgIpc) is 2.74. The van der Waals surface area contributed by atoms with Crippen LogP contribution in [0, 0.1) is 5.92 Å². The number of rotatable bonds is 5. The van der Waals surface area contributed by atoms with E-state index >= 15 is 0 Å². The third-order valence-corrected chi connectivity index (χ3v) is 3.00. The molecule has 0 amide bonds. The Kier molecular flexibility index (Phi) is 4.14. The Morgan fingerprint density at radius 2 is 2.41 bits per heavy atom. The van der Waals surface area contributed by atoms with E-state index < -0.39 is 0 Å². The van der Waals surface area contributed by atoms with Crippen LogP contribution in [0.3, 0.4) is 0 Å². The monoisotopic (exact) mass is 236 g/mol. The molecule has 17 heavy (non-hydrogen) atoms. The van der Waals surface area contributed by atoms with Crippen molar-refractivity contribution in [3.63, 3.8) is 0 Å². The van der Waals surface area contributed by atoms with E-state index in [4.69, 9.17) is 4.74 Å². The number of hydrogen-bond donors (Lipinski definition) is 1. The highest BCUT2D eigenvalue weighted by atomic mass is 16.5. The van der Waals surface area contributed by atoms with Crippen molar-refractivity contribution < 1.29 is 4.74 Å². The molecule has 5 heteroatoms. The number of nitrogens with zero attached hydrogens (tertiary/aromatic N) is 3. The fourth-order valence-electron chi connectivity index (χ4n) is 2.10. The average molecular weight is 236 g/mol. The number of hydrogen-bond acceptors (Lipinski definition) is 5. The molecule has 2 heterocycles. The van der Waals surface area contributed by atoms with Crippen LogP contribution < -0.4 is 10.1 Å². The molecule has 1 aromatic heterocycles. The zero-order valence-corrected chi connectivity index (χ0v) is 10.5. The van der Waals surface area contributed by atoms with Crippen molar-refractivity contribution in [2.24, 2.45) is 5.92 Å². The summed E-state index contributed by atoms with van der Waals surface area (Å²) in [6.07, 6.45) is 2.79. The summed E-state index contributed by atoms with van der Waals surface area (Å²) in [4.78, 5) is 10.6. The van der Waals surface area contributed by atoms with Crippen LogP contribution in [0.1, 0.15) is 13.3 Å². The number of ether oxygens (including phenoxy) is 1. The van der Waals surface area contributed by atoms with Gasteiger partial charge in [0.05, 0.1) is 6.61 Å². The van der Waals surface area contributed by atoms with Gasteiger partial charge in [0.1, 0.15) is 12.1 Å². The zero-order valence-electron chi connectivity index (χ0n) is 10.5. The molecule has 0 bridgehead atoms. The third-order valence-electron chi connectivity index (χ3n) is 3.00. The van der Waals surface area contributed by atoms with Crippen LogP contribution >= 0.6 is 0 Å². The molecule has 1 N–H and O–H groups in total. The maximum Gasteiger partial charge on any atom is 0.218 e. The fraction of sp³-hybridized carbons (Fsp3) is 0.667. The van der Waals surface area contributed by atoms with Gasteiger partial charge in [0.25, 0.3) is 0 Å². The molecule has 0 aliphatic carbocycles. The molecule has 1 unspecified atom stereocenters. The molecule has 94 valence electrons. The van der Waals surface area contributed by atoms with E-state index in [0.717, 1.165) is 18.9 Å². The maximum atomic E-state index is 5.34. The summed E-state index contributed by atoms with van der Waals surface area (Å²) in [6, 6.07) is 1.85. The molecule has 0 spiro atoms. The lowest BCUT2D eigenvalue weighted by Crippen LogP contribution is -2.19. The topological polar surface area (TPSA) is 50.3 Å². The van der Waals surface area contributed by atoms with Crippen LogP contribution in [-0.2, 0) is 0 Å². The lowest BCUT2D eigenvalue weighted by Gasteiger charge is -2.12. The van der Waals surface area contributed by atoms with Crippen LogP contribution in [-0.4, -0.2) is 48.2 Å². The van der Waals surface area contributed by atoms with Gasteiger partial charge in [0.15, 0.2) is 0 Å². The molecule has 1 saturated heterocycles. The zero-order chi connectivity index (χ0) is 12.1. The quantitative estimate of drug-likeness (QED) is 0.833. The summed E-state index contributed by atoms with van der Waals surface area (Å²) < 4.78 is 5.34. The van der Waals surface area contributed by atoms with Gasteiger partial charge in [-0.2, -0.15) is 0 Å². The van der Waals surface area contributed by atoms with Gasteiger partial charge in [0.2, 0.25) is 5.88 Å². The fourth-order valence-corrected chi connectivity index (χ4v) is 2.10. The normalized spacial score (nSPS) is 20.5. The van der Waals surface area contributed by atoms with Gasteiger partial charge in [-0.3, -0.25) is 0 Å². The Hall–Kier alpha value is -1.36. The molecular formula is C12H20N4O. The largest absolute Gasteiger partial charge is 0.478 e. The maximum absolute atomic E-state index is 5.34. The van der Waals surface area contributed by atoms with E-state index in [0.29, 0.717) is 18.4 Å². The van der Waals surface area contributed by atoms with Gasteiger partial charge >= 0.3 is 0 Å². The Morgan fingerprint density at radius 1 is 1.53 bits per heavy atom. The van der Waals surface area contributed by atoms with Crippen molar-refractivity contribution in [3.05, 3.63) is 12.4 Å². The Labute approximate surface area is 102 Å². The van der Waals surface area contributed by atoms with Crippen molar-refractivity contribution in [2.75, 3.05) is 38.6 Å². The standard InChI is InChI=1S/C12H20N4O/c1-3-17-12-6-11(14-9-15-12)13-7-10-4-5-16(2)8-10/h6,9-10H,3-5,7-8H2,1-2H3,(H,13,14,15). The Morgan fingerprint density at radius 3 is 3.12 bits per heavy atom. The molecule has 1 aromatic rings. The first-order valence-electron chi connectivity index (χ1n) is 6.15. The van der Waals surface area contributed by atoms with E-state index in [1.807, 2.05) is 13.0 Å². The predicted octanol–water partition coefficient (Wildman–Crippen LogP) is 1.24. The highest BCUT2D eigenvalue weighted by molar-refractivity contribution is 5.37. The minimum atomic E-state index is 0.629. The van der Waals surface area contributed by atoms with Gasteiger partial charge in [0, 0.05) is 19.2 Å². The van der Waals surface area contributed by atoms with Crippen molar-refractivity contribution in [1.82, 2.24) is 14.9 Å². The second kappa shape index (κ2) is 5.82. The second-order valence-electron chi connectivity index (χ2n) is 4.47. The lowest BCUT2D eigenvalue weighted by molar-refractivity contribution is 0.326. The van der Waals surface area contributed by atoms with E-state index in [2.05, 4.69) is 27.2 Å². The minimum Gasteiger partial charge on any atom is -0.478 e. The van der Waals surface area contributed by atoms with Crippen LogP contribution in [0.4, 0.5) is 5.82 Å². The van der Waals surface area contributed by atoms with Crippen LogP contribution in [0.2, 0.25) is 0 Å². The van der Waals surface area contributed by atoms with Crippen molar-refractivity contribution >= 4 is 5.82 Å². The Balaban J connectivity index is 1.83. The summed E-state index contributed by atoms with van der Waals surface area (Å²) in [6.45, 7) is 5.90. The lowest BCUT2D eigenvalue weighted by atomic mass is 10.1. The molecule has 1 atom stereocenters. The van der Waals surface area contributed by atoms with Crippen LogP contribution in [0.5, 0.6) is 5.88 Å². The minimum absolute atomic E-state index is 0.629. The molecular weight excluding hydrogens is 216 g/mol. The first kappa shape index (κ1) is 12.1. The predicted molar refractivity (Wildman–Crippen MR) is 67.3 cm³/mol. The van der Waals surface area contributed by atoms with Crippen molar-refractivity contribution in [3.8, 4) is 5.88 Å². The van der Waals surface area contributed by atoms with E-state index in [-0.39, 0.29) is 0 Å². The molecule has 1 aliphatic heterocycles. The highest BCUT2D eigenvalue weighted by Crippen LogP contribution is 2.16. The molecule has 5 nitrogen and oxygen atoms in total. The van der Waals surface area contributed by atoms with Crippen LogP contribution in [0.25, 0.3) is 0 Å². The number of anilines is 1. The van der Waals surface area contributed by atoms with E-state index in [1.165, 1.54) is 19.3 Å². The summed E-state index contributed by atoms with van der Waals surface area (Å²) >= 11 is 0. The molecule has 0 aromatic carbocycles. The molecule has 0 radical (unpaired) electrons. The van der Waals surface area contributed by atoms with Gasteiger partial charge in [-0.25, -0.2) is 9.97 Å². The summed E-state index contributed by atoms with van der Waals surface area (Å²) in [5, 5.41) is 3.35. The van der Waals surface area contributed by atoms with Crippen molar-refractivity contribution in [2.45, 2.75) is 13.3 Å². The SMILES string of the molecule is CCOc1cc(NCC2CCN(C)C2)ncn1. The first-order chi connectivity index (χ1) is 8.28. The molecule has 1 fully saturated rings. The first-order valence-corrected chi connectivity index (χ1v) is 6.15. The van der Waals surface area contributed by atoms with E-state index in [1.54, 1.807) is 0 Å². The molecule has 1 aliphatic rings.